The number of fused-ring (bicyclic) bond motifs is 1. The van der Waals surface area contributed by atoms with Crippen LogP contribution in [0.2, 0.25) is 0 Å². The molecule has 0 unspecified atom stereocenters. The van der Waals surface area contributed by atoms with E-state index in [-0.39, 0.29) is 25.3 Å². The van der Waals surface area contributed by atoms with E-state index in [4.69, 9.17) is 4.74 Å². The van der Waals surface area contributed by atoms with Gasteiger partial charge in [-0.2, -0.15) is 0 Å². The lowest BCUT2D eigenvalue weighted by Crippen LogP contribution is -2.71. The smallest absolute Gasteiger partial charge is 0.232 e. The van der Waals surface area contributed by atoms with Crippen molar-refractivity contribution in [2.75, 3.05) is 12.4 Å². The van der Waals surface area contributed by atoms with Crippen LogP contribution < -0.4 is 10.1 Å². The maximum atomic E-state index is 13.2. The molecule has 6 heteroatoms. The van der Waals surface area contributed by atoms with Crippen molar-refractivity contribution in [1.29, 1.82) is 0 Å². The first kappa shape index (κ1) is 17.7. The number of hydrogen-bond donors (Lipinski definition) is 1. The Morgan fingerprint density at radius 1 is 1.30 bits per heavy atom. The number of hydrogen-bond acceptors (Lipinski definition) is 2. The summed E-state index contributed by atoms with van der Waals surface area (Å²) in [7, 11) is 1.62. The Hall–Kier alpha value is -0.0700. The highest BCUT2D eigenvalue weighted by atomic mass is 79.9. The van der Waals surface area contributed by atoms with Gasteiger partial charge in [0.2, 0.25) is 5.91 Å². The minimum Gasteiger partial charge on any atom is -0.495 e. The summed E-state index contributed by atoms with van der Waals surface area (Å²) in [6.45, 7) is 4.41. The van der Waals surface area contributed by atoms with Gasteiger partial charge in [0.15, 0.2) is 0 Å². The second kappa shape index (κ2) is 5.73. The van der Waals surface area contributed by atoms with Gasteiger partial charge in [0.05, 0.1) is 21.9 Å². The van der Waals surface area contributed by atoms with Gasteiger partial charge in [-0.15, -0.1) is 0 Å². The zero-order valence-corrected chi connectivity index (χ0v) is 18.1. The highest BCUT2D eigenvalue weighted by molar-refractivity contribution is 9.24. The average molecular weight is 510 g/mol. The van der Waals surface area contributed by atoms with Crippen LogP contribution in [0.3, 0.4) is 0 Å². The Labute approximate surface area is 162 Å². The van der Waals surface area contributed by atoms with Crippen LogP contribution in [0.15, 0.2) is 24.3 Å². The number of nitrogens with one attached hydrogen (secondary N) is 1. The Balaban J connectivity index is 1.92. The van der Waals surface area contributed by atoms with E-state index in [9.17, 15) is 4.79 Å². The molecule has 3 fully saturated rings. The lowest BCUT2D eigenvalue weighted by molar-refractivity contribution is -0.155. The minimum absolute atomic E-state index is 0.0329. The van der Waals surface area contributed by atoms with Crippen molar-refractivity contribution in [2.45, 2.75) is 35.3 Å². The van der Waals surface area contributed by atoms with Crippen LogP contribution in [-0.4, -0.2) is 21.6 Å². The lowest BCUT2D eigenvalue weighted by Gasteiger charge is -2.66. The van der Waals surface area contributed by atoms with Crippen LogP contribution in [0.4, 0.5) is 5.69 Å². The molecule has 2 bridgehead atoms. The summed E-state index contributed by atoms with van der Waals surface area (Å²) >= 11 is 11.3. The standard InChI is InChI=1S/C17H20Br3NO2/c1-15(2)16(13(19)20)8-9-17(15,12(16)18)14(22)21-10-6-4-5-7-11(10)23-3/h4-7,12-13H,8-9H2,1-3H3,(H,21,22)/t12-,16-,17+/m0/s1. The number of benzene rings is 1. The van der Waals surface area contributed by atoms with E-state index >= 15 is 0 Å². The van der Waals surface area contributed by atoms with Crippen LogP contribution in [0.25, 0.3) is 0 Å². The zero-order valence-electron chi connectivity index (χ0n) is 13.3. The second-order valence-electron chi connectivity index (χ2n) is 6.95. The highest BCUT2D eigenvalue weighted by Crippen LogP contribution is 2.82. The van der Waals surface area contributed by atoms with Gasteiger partial charge in [0.1, 0.15) is 5.75 Å². The molecule has 1 aromatic carbocycles. The van der Waals surface area contributed by atoms with Crippen LogP contribution >= 0.6 is 47.8 Å². The Morgan fingerprint density at radius 2 is 1.96 bits per heavy atom. The summed E-state index contributed by atoms with van der Waals surface area (Å²) in [5, 5.41) is 3.10. The van der Waals surface area contributed by atoms with Crippen molar-refractivity contribution in [3.05, 3.63) is 24.3 Å². The predicted octanol–water partition coefficient (Wildman–Crippen LogP) is 5.32. The van der Waals surface area contributed by atoms with Crippen LogP contribution in [0, 0.1) is 16.2 Å². The molecule has 1 N–H and O–H groups in total. The molecule has 126 valence electrons. The van der Waals surface area contributed by atoms with Crippen molar-refractivity contribution in [2.24, 2.45) is 16.2 Å². The molecule has 0 aromatic heterocycles. The average Bonchev–Trinajstić information content (AvgIpc) is 2.97. The number of carbonyl (C=O) groups is 1. The van der Waals surface area contributed by atoms with Crippen LogP contribution in [0.1, 0.15) is 26.7 Å². The van der Waals surface area contributed by atoms with Crippen molar-refractivity contribution in [1.82, 2.24) is 0 Å². The molecular weight excluding hydrogens is 490 g/mol. The van der Waals surface area contributed by atoms with Crippen molar-refractivity contribution < 1.29 is 9.53 Å². The normalized spacial score (nSPS) is 34.1. The molecule has 0 radical (unpaired) electrons. The minimum atomic E-state index is -0.409. The molecule has 3 nitrogen and oxygen atoms in total. The number of amides is 1. The summed E-state index contributed by atoms with van der Waals surface area (Å²) in [6.07, 6.45) is 1.89. The van der Waals surface area contributed by atoms with Gasteiger partial charge in [-0.25, -0.2) is 0 Å². The van der Waals surface area contributed by atoms with E-state index in [1.165, 1.54) is 0 Å². The quantitative estimate of drug-likeness (QED) is 0.558. The van der Waals surface area contributed by atoms with E-state index < -0.39 is 5.41 Å². The maximum absolute atomic E-state index is 13.2. The highest BCUT2D eigenvalue weighted by Gasteiger charge is 2.83. The number of halogens is 3. The molecule has 3 aliphatic carbocycles. The molecule has 0 aliphatic heterocycles. The fourth-order valence-corrected chi connectivity index (χ4v) is 9.60. The van der Waals surface area contributed by atoms with Gasteiger partial charge < -0.3 is 10.1 Å². The Bertz CT molecular complexity index is 648. The molecule has 4 rings (SSSR count). The molecule has 3 aliphatic rings. The SMILES string of the molecule is COc1ccccc1NC(=O)[C@@]12CC[C@@](C(Br)Br)([C@@H]1Br)C2(C)C. The van der Waals surface area contributed by atoms with E-state index in [2.05, 4.69) is 67.0 Å². The molecule has 0 heterocycles. The molecule has 0 spiro atoms. The first-order chi connectivity index (χ1) is 10.8. The molecule has 0 saturated heterocycles. The van der Waals surface area contributed by atoms with E-state index in [1.54, 1.807) is 7.11 Å². The van der Waals surface area contributed by atoms with Gasteiger partial charge >= 0.3 is 0 Å². The van der Waals surface area contributed by atoms with Crippen LogP contribution in [0.5, 0.6) is 5.75 Å². The van der Waals surface area contributed by atoms with Gasteiger partial charge in [0, 0.05) is 10.2 Å². The third kappa shape index (κ3) is 2.00. The lowest BCUT2D eigenvalue weighted by atomic mass is 9.43. The van der Waals surface area contributed by atoms with E-state index in [1.807, 2.05) is 24.3 Å². The van der Waals surface area contributed by atoms with Gasteiger partial charge in [-0.05, 0) is 30.4 Å². The number of alkyl halides is 3. The van der Waals surface area contributed by atoms with Crippen LogP contribution in [-0.2, 0) is 4.79 Å². The van der Waals surface area contributed by atoms with Gasteiger partial charge in [0.25, 0.3) is 0 Å². The monoisotopic (exact) mass is 507 g/mol. The van der Waals surface area contributed by atoms with Crippen molar-refractivity contribution >= 4 is 59.4 Å². The fourth-order valence-electron chi connectivity index (χ4n) is 4.68. The molecule has 23 heavy (non-hydrogen) atoms. The predicted molar refractivity (Wildman–Crippen MR) is 104 cm³/mol. The van der Waals surface area contributed by atoms with E-state index in [0.29, 0.717) is 5.75 Å². The Kier molecular flexibility index (Phi) is 4.42. The molecule has 1 aromatic rings. The number of carbonyl (C=O) groups excluding carboxylic acids is 1. The maximum Gasteiger partial charge on any atom is 0.232 e. The van der Waals surface area contributed by atoms with E-state index in [0.717, 1.165) is 18.5 Å². The van der Waals surface area contributed by atoms with Crippen molar-refractivity contribution in [3.8, 4) is 5.75 Å². The summed E-state index contributed by atoms with van der Waals surface area (Å²) in [5.41, 5.74) is 0.236. The number of methoxy groups -OCH3 is 1. The first-order valence-corrected chi connectivity index (χ1v) is 10.4. The summed E-state index contributed by atoms with van der Waals surface area (Å²) < 4.78 is 5.53. The third-order valence-electron chi connectivity index (χ3n) is 6.25. The number of anilines is 1. The summed E-state index contributed by atoms with van der Waals surface area (Å²) in [4.78, 5) is 13.3. The zero-order chi connectivity index (χ0) is 17.0. The fraction of sp³-hybridized carbons (Fsp3) is 0.588. The molecule has 3 atom stereocenters. The number of para-hydroxylation sites is 2. The summed E-state index contributed by atoms with van der Waals surface area (Å²) in [5.74, 6) is 0.756. The number of rotatable bonds is 4. The largest absolute Gasteiger partial charge is 0.495 e. The molecule has 3 saturated carbocycles. The topological polar surface area (TPSA) is 38.3 Å². The Morgan fingerprint density at radius 3 is 2.48 bits per heavy atom. The molecular formula is C17H20Br3NO2. The molecule has 1 amide bonds. The van der Waals surface area contributed by atoms with Gasteiger partial charge in [-0.3, -0.25) is 4.79 Å². The van der Waals surface area contributed by atoms with Gasteiger partial charge in [-0.1, -0.05) is 73.8 Å². The number of ether oxygens (including phenoxy) is 1. The third-order valence-corrected chi connectivity index (χ3v) is 9.48. The second-order valence-corrected chi connectivity index (χ2v) is 10.9. The summed E-state index contributed by atoms with van der Waals surface area (Å²) in [6, 6.07) is 7.53. The van der Waals surface area contributed by atoms with Crippen molar-refractivity contribution in [3.63, 3.8) is 0 Å². The first-order valence-electron chi connectivity index (χ1n) is 7.62.